The summed E-state index contributed by atoms with van der Waals surface area (Å²) >= 11 is 0. The van der Waals surface area contributed by atoms with Gasteiger partial charge in [0, 0.05) is 19.4 Å². The minimum absolute atomic E-state index is 0.0862. The van der Waals surface area contributed by atoms with Crippen LogP contribution in [0.5, 0.6) is 0 Å². The highest BCUT2D eigenvalue weighted by atomic mass is 16.1. The van der Waals surface area contributed by atoms with Gasteiger partial charge in [-0.15, -0.1) is 0 Å². The van der Waals surface area contributed by atoms with Crippen molar-refractivity contribution in [2.45, 2.75) is 51.4 Å². The number of hydrogen-bond donors (Lipinski definition) is 1. The molecule has 1 N–H and O–H groups in total. The third kappa shape index (κ3) is 15.6. The fourth-order valence-corrected chi connectivity index (χ4v) is 3.39. The maximum absolute atomic E-state index is 11.2. The van der Waals surface area contributed by atoms with E-state index >= 15 is 0 Å². The van der Waals surface area contributed by atoms with Gasteiger partial charge >= 0.3 is 0 Å². The standard InChI is InChI=1S/C23H44N3O2/c1-7-22(27)16-11-14-20-25(3,4)18-12-9-10-13-19-26(5,6)21-15-17-24-23(28)8-2/h7-8H,1-2,9-21H2,3-6H3/q+1/p+1. The summed E-state index contributed by atoms with van der Waals surface area (Å²) in [6.07, 6.45) is 11.5. The molecule has 0 aliphatic carbocycles. The fraction of sp³-hybridized carbons (Fsp3) is 0.739. The lowest BCUT2D eigenvalue weighted by Gasteiger charge is -2.31. The Hall–Kier alpha value is -1.46. The van der Waals surface area contributed by atoms with Crippen LogP contribution < -0.4 is 5.32 Å². The normalized spacial score (nSPS) is 11.9. The lowest BCUT2D eigenvalue weighted by Crippen LogP contribution is -2.42. The number of allylic oxidation sites excluding steroid dienone is 1. The Balaban J connectivity index is 3.74. The average Bonchev–Trinajstić information content (AvgIpc) is 2.64. The van der Waals surface area contributed by atoms with E-state index in [4.69, 9.17) is 0 Å². The van der Waals surface area contributed by atoms with Crippen molar-refractivity contribution in [2.75, 3.05) is 60.9 Å². The second-order valence-electron chi connectivity index (χ2n) is 9.16. The van der Waals surface area contributed by atoms with Crippen molar-refractivity contribution in [1.82, 2.24) is 5.32 Å². The zero-order valence-electron chi connectivity index (χ0n) is 19.0. The Morgan fingerprint density at radius 1 is 0.714 bits per heavy atom. The van der Waals surface area contributed by atoms with Gasteiger partial charge in [-0.2, -0.15) is 0 Å². The number of rotatable bonds is 18. The van der Waals surface area contributed by atoms with E-state index < -0.39 is 0 Å². The Morgan fingerprint density at radius 3 is 1.64 bits per heavy atom. The molecule has 0 aromatic rings. The Labute approximate surface area is 173 Å². The first-order chi connectivity index (χ1) is 13.1. The molecule has 162 valence electrons. The van der Waals surface area contributed by atoms with Crippen molar-refractivity contribution in [3.05, 3.63) is 25.3 Å². The predicted octanol–water partition coefficient (Wildman–Crippen LogP) is 3.32. The zero-order chi connectivity index (χ0) is 21.5. The molecule has 0 fully saturated rings. The molecule has 0 bridgehead atoms. The highest BCUT2D eigenvalue weighted by molar-refractivity contribution is 5.88. The molecule has 0 aliphatic rings. The molecule has 0 atom stereocenters. The first-order valence-corrected chi connectivity index (χ1v) is 10.8. The van der Waals surface area contributed by atoms with E-state index in [2.05, 4.69) is 46.7 Å². The molecule has 0 aliphatic heterocycles. The zero-order valence-corrected chi connectivity index (χ0v) is 19.0. The van der Waals surface area contributed by atoms with Crippen LogP contribution in [-0.4, -0.2) is 81.6 Å². The second-order valence-corrected chi connectivity index (χ2v) is 9.16. The minimum Gasteiger partial charge on any atom is -0.352 e. The van der Waals surface area contributed by atoms with Crippen LogP contribution in [0.1, 0.15) is 51.4 Å². The molecule has 0 radical (unpaired) electrons. The smallest absolute Gasteiger partial charge is 0.243 e. The van der Waals surface area contributed by atoms with E-state index in [0.717, 1.165) is 47.9 Å². The van der Waals surface area contributed by atoms with Crippen molar-refractivity contribution in [3.8, 4) is 0 Å². The van der Waals surface area contributed by atoms with E-state index in [1.54, 1.807) is 0 Å². The maximum atomic E-state index is 11.2. The van der Waals surface area contributed by atoms with Gasteiger partial charge in [0.15, 0.2) is 5.78 Å². The van der Waals surface area contributed by atoms with E-state index in [9.17, 15) is 9.59 Å². The number of ketones is 1. The van der Waals surface area contributed by atoms with Crippen LogP contribution in [0.15, 0.2) is 25.3 Å². The summed E-state index contributed by atoms with van der Waals surface area (Å²) in [5.74, 6) is 0.0741. The van der Waals surface area contributed by atoms with Gasteiger partial charge in [-0.3, -0.25) is 9.59 Å². The van der Waals surface area contributed by atoms with Crippen LogP contribution in [0, 0.1) is 0 Å². The fourth-order valence-electron chi connectivity index (χ4n) is 3.39. The topological polar surface area (TPSA) is 46.2 Å². The number of carbonyl (C=O) groups is 2. The number of amides is 1. The van der Waals surface area contributed by atoms with Gasteiger partial charge in [-0.05, 0) is 50.7 Å². The third-order valence-electron chi connectivity index (χ3n) is 5.37. The lowest BCUT2D eigenvalue weighted by molar-refractivity contribution is -0.891. The first-order valence-electron chi connectivity index (χ1n) is 10.8. The quantitative estimate of drug-likeness (QED) is 0.220. The van der Waals surface area contributed by atoms with Gasteiger partial charge in [0.25, 0.3) is 0 Å². The summed E-state index contributed by atoms with van der Waals surface area (Å²) in [6, 6.07) is 0. The molecule has 0 aromatic carbocycles. The van der Waals surface area contributed by atoms with Gasteiger partial charge < -0.3 is 14.3 Å². The highest BCUT2D eigenvalue weighted by Crippen LogP contribution is 2.10. The number of nitrogens with zero attached hydrogens (tertiary/aromatic N) is 2. The molecule has 28 heavy (non-hydrogen) atoms. The SMILES string of the molecule is C=CC(=O)CCCC[N+](C)(C)CCCCCC[N+](C)(C)CCCNC(=O)C=C. The Kier molecular flexibility index (Phi) is 13.8. The third-order valence-corrected chi connectivity index (χ3v) is 5.37. The molecular weight excluding hydrogens is 350 g/mol. The Morgan fingerprint density at radius 2 is 1.18 bits per heavy atom. The van der Waals surface area contributed by atoms with Crippen LogP contribution in [0.25, 0.3) is 0 Å². The number of carbonyl (C=O) groups excluding carboxylic acids is 2. The van der Waals surface area contributed by atoms with Crippen molar-refractivity contribution < 1.29 is 18.6 Å². The molecule has 0 saturated heterocycles. The molecule has 0 rings (SSSR count). The summed E-state index contributed by atoms with van der Waals surface area (Å²) in [5, 5.41) is 2.84. The summed E-state index contributed by atoms with van der Waals surface area (Å²) in [4.78, 5) is 22.4. The lowest BCUT2D eigenvalue weighted by atomic mass is 10.1. The van der Waals surface area contributed by atoms with Crippen LogP contribution in [0.4, 0.5) is 0 Å². The average molecular weight is 396 g/mol. The van der Waals surface area contributed by atoms with E-state index in [-0.39, 0.29) is 11.7 Å². The minimum atomic E-state index is -0.0862. The largest absolute Gasteiger partial charge is 0.352 e. The number of quaternary nitrogens is 2. The van der Waals surface area contributed by atoms with Crippen LogP contribution in [-0.2, 0) is 9.59 Å². The molecule has 0 unspecified atom stereocenters. The van der Waals surface area contributed by atoms with E-state index in [1.165, 1.54) is 50.9 Å². The maximum Gasteiger partial charge on any atom is 0.243 e. The summed E-state index contributed by atoms with van der Waals surface area (Å²) in [5.41, 5.74) is 0. The number of nitrogens with one attached hydrogen (secondary N) is 1. The van der Waals surface area contributed by atoms with Crippen LogP contribution in [0.3, 0.4) is 0 Å². The Bertz CT molecular complexity index is 440. The van der Waals surface area contributed by atoms with Gasteiger partial charge in [0.1, 0.15) is 0 Å². The van der Waals surface area contributed by atoms with E-state index in [1.807, 2.05) is 0 Å². The van der Waals surface area contributed by atoms with E-state index in [0.29, 0.717) is 6.42 Å². The van der Waals surface area contributed by atoms with Gasteiger partial charge in [-0.1, -0.05) is 13.2 Å². The monoisotopic (exact) mass is 395 g/mol. The first kappa shape index (κ1) is 26.5. The molecule has 1 amide bonds. The van der Waals surface area contributed by atoms with Crippen LogP contribution in [0.2, 0.25) is 0 Å². The molecule has 0 heterocycles. The van der Waals surface area contributed by atoms with Crippen molar-refractivity contribution in [2.24, 2.45) is 0 Å². The summed E-state index contributed by atoms with van der Waals surface area (Å²) < 4.78 is 2.05. The molecule has 0 aromatic heterocycles. The summed E-state index contributed by atoms with van der Waals surface area (Å²) in [7, 11) is 9.12. The molecule has 5 nitrogen and oxygen atoms in total. The van der Waals surface area contributed by atoms with Gasteiger partial charge in [-0.25, -0.2) is 0 Å². The van der Waals surface area contributed by atoms with Crippen molar-refractivity contribution >= 4 is 11.7 Å². The van der Waals surface area contributed by atoms with Crippen molar-refractivity contribution in [1.29, 1.82) is 0 Å². The molecule has 5 heteroatoms. The number of unbranched alkanes of at least 4 members (excludes halogenated alkanes) is 4. The molecule has 0 saturated carbocycles. The number of hydrogen-bond acceptors (Lipinski definition) is 2. The van der Waals surface area contributed by atoms with Crippen LogP contribution >= 0.6 is 0 Å². The van der Waals surface area contributed by atoms with Gasteiger partial charge in [0.05, 0.1) is 54.4 Å². The second kappa shape index (κ2) is 14.5. The molecular formula is C23H45N3O2+2. The van der Waals surface area contributed by atoms with Crippen molar-refractivity contribution in [3.63, 3.8) is 0 Å². The molecule has 0 spiro atoms. The van der Waals surface area contributed by atoms with Gasteiger partial charge in [0.2, 0.25) is 5.91 Å². The summed E-state index contributed by atoms with van der Waals surface area (Å²) in [6.45, 7) is 12.3. The highest BCUT2D eigenvalue weighted by Gasteiger charge is 2.16. The predicted molar refractivity (Wildman–Crippen MR) is 119 cm³/mol.